The second-order valence-electron chi connectivity index (χ2n) is 7.89. The first-order chi connectivity index (χ1) is 15.7. The molecule has 32 heavy (non-hydrogen) atoms. The summed E-state index contributed by atoms with van der Waals surface area (Å²) in [7, 11) is 1.58. The lowest BCUT2D eigenvalue weighted by Crippen LogP contribution is -2.31. The highest BCUT2D eigenvalue weighted by molar-refractivity contribution is 5.67. The van der Waals surface area contributed by atoms with Gasteiger partial charge in [-0.3, -0.25) is 9.88 Å². The zero-order valence-corrected chi connectivity index (χ0v) is 17.8. The summed E-state index contributed by atoms with van der Waals surface area (Å²) in [4.78, 5) is 16.3. The third-order valence-corrected chi connectivity index (χ3v) is 5.71. The standard InChI is InChI=1S/C26H23FN4O/c1-32-25-10-8-21(27)13-22(25)24-9-7-18(14-28-24)16-31-12-11-23-20(17-31)15-29-26(30-23)19-5-3-2-4-6-19/h2-10,13-15H,11-12,16-17H2,1H3. The third kappa shape index (κ3) is 4.22. The average Bonchev–Trinajstić information content (AvgIpc) is 2.85. The topological polar surface area (TPSA) is 51.1 Å². The Balaban J connectivity index is 1.29. The first-order valence-corrected chi connectivity index (χ1v) is 10.6. The largest absolute Gasteiger partial charge is 0.496 e. The van der Waals surface area contributed by atoms with Crippen molar-refractivity contribution in [3.8, 4) is 28.4 Å². The molecule has 0 N–H and O–H groups in total. The van der Waals surface area contributed by atoms with E-state index in [0.717, 1.165) is 48.7 Å². The smallest absolute Gasteiger partial charge is 0.159 e. The quantitative estimate of drug-likeness (QED) is 0.454. The van der Waals surface area contributed by atoms with Gasteiger partial charge in [0.05, 0.1) is 18.5 Å². The van der Waals surface area contributed by atoms with Gasteiger partial charge in [-0.05, 0) is 29.8 Å². The summed E-state index contributed by atoms with van der Waals surface area (Å²) in [6.45, 7) is 2.52. The molecule has 1 aliphatic heterocycles. The molecular formula is C26H23FN4O. The van der Waals surface area contributed by atoms with Crippen LogP contribution in [0.4, 0.5) is 4.39 Å². The summed E-state index contributed by atoms with van der Waals surface area (Å²) < 4.78 is 19.0. The van der Waals surface area contributed by atoms with Crippen LogP contribution in [-0.2, 0) is 19.5 Å². The zero-order valence-electron chi connectivity index (χ0n) is 17.8. The van der Waals surface area contributed by atoms with Crippen LogP contribution in [0.5, 0.6) is 5.75 Å². The lowest BCUT2D eigenvalue weighted by molar-refractivity contribution is 0.242. The first kappa shape index (κ1) is 20.3. The Labute approximate surface area is 186 Å². The van der Waals surface area contributed by atoms with Crippen LogP contribution in [0.15, 0.2) is 73.1 Å². The molecule has 1 aliphatic rings. The number of pyridine rings is 1. The maximum atomic E-state index is 13.7. The van der Waals surface area contributed by atoms with E-state index < -0.39 is 0 Å². The minimum Gasteiger partial charge on any atom is -0.496 e. The number of hydrogen-bond donors (Lipinski definition) is 0. The fourth-order valence-electron chi connectivity index (χ4n) is 4.05. The van der Waals surface area contributed by atoms with E-state index in [2.05, 4.69) is 14.9 Å². The maximum Gasteiger partial charge on any atom is 0.159 e. The number of rotatable bonds is 5. The molecule has 0 amide bonds. The molecule has 160 valence electrons. The Bertz CT molecular complexity index is 1230. The normalized spacial score (nSPS) is 13.6. The Hall–Kier alpha value is -3.64. The summed E-state index contributed by atoms with van der Waals surface area (Å²) in [5, 5.41) is 0. The van der Waals surface area contributed by atoms with Crippen molar-refractivity contribution in [3.05, 3.63) is 95.7 Å². The van der Waals surface area contributed by atoms with Crippen LogP contribution >= 0.6 is 0 Å². The van der Waals surface area contributed by atoms with Gasteiger partial charge < -0.3 is 4.74 Å². The Kier molecular flexibility index (Phi) is 5.60. The number of methoxy groups -OCH3 is 1. The Morgan fingerprint density at radius 3 is 2.66 bits per heavy atom. The van der Waals surface area contributed by atoms with Gasteiger partial charge in [-0.1, -0.05) is 36.4 Å². The molecule has 5 nitrogen and oxygen atoms in total. The molecule has 0 atom stereocenters. The van der Waals surface area contributed by atoms with Crippen molar-refractivity contribution in [1.29, 1.82) is 0 Å². The van der Waals surface area contributed by atoms with Crippen LogP contribution in [0.3, 0.4) is 0 Å². The van der Waals surface area contributed by atoms with Gasteiger partial charge in [0.15, 0.2) is 5.82 Å². The summed E-state index contributed by atoms with van der Waals surface area (Å²) in [5.41, 5.74) is 5.79. The second-order valence-corrected chi connectivity index (χ2v) is 7.89. The van der Waals surface area contributed by atoms with Crippen molar-refractivity contribution in [2.45, 2.75) is 19.5 Å². The first-order valence-electron chi connectivity index (χ1n) is 10.6. The van der Waals surface area contributed by atoms with Crippen LogP contribution < -0.4 is 4.74 Å². The predicted molar refractivity (Wildman–Crippen MR) is 121 cm³/mol. The molecule has 0 spiro atoms. The number of nitrogens with zero attached hydrogens (tertiary/aromatic N) is 4. The van der Waals surface area contributed by atoms with Crippen LogP contribution in [0, 0.1) is 5.82 Å². The van der Waals surface area contributed by atoms with E-state index in [9.17, 15) is 4.39 Å². The fourth-order valence-corrected chi connectivity index (χ4v) is 4.05. The number of benzene rings is 2. The molecule has 5 rings (SSSR count). The van der Waals surface area contributed by atoms with Crippen LogP contribution in [0.1, 0.15) is 16.8 Å². The van der Waals surface area contributed by atoms with Gasteiger partial charge in [0, 0.05) is 55.1 Å². The molecule has 0 saturated carbocycles. The van der Waals surface area contributed by atoms with Gasteiger partial charge >= 0.3 is 0 Å². The molecule has 2 aromatic carbocycles. The van der Waals surface area contributed by atoms with E-state index in [1.165, 1.54) is 17.7 Å². The molecule has 0 bridgehead atoms. The molecule has 2 aromatic heterocycles. The van der Waals surface area contributed by atoms with E-state index in [-0.39, 0.29) is 5.82 Å². The van der Waals surface area contributed by atoms with E-state index in [4.69, 9.17) is 9.72 Å². The van der Waals surface area contributed by atoms with Gasteiger partial charge in [-0.2, -0.15) is 0 Å². The van der Waals surface area contributed by atoms with Crippen molar-refractivity contribution in [2.24, 2.45) is 0 Å². The summed E-state index contributed by atoms with van der Waals surface area (Å²) in [6, 6.07) is 18.5. The molecule has 0 aliphatic carbocycles. The highest BCUT2D eigenvalue weighted by Crippen LogP contribution is 2.29. The number of hydrogen-bond acceptors (Lipinski definition) is 5. The van der Waals surface area contributed by atoms with Crippen LogP contribution in [-0.4, -0.2) is 33.5 Å². The van der Waals surface area contributed by atoms with Crippen molar-refractivity contribution in [3.63, 3.8) is 0 Å². The SMILES string of the molecule is COc1ccc(F)cc1-c1ccc(CN2CCc3nc(-c4ccccc4)ncc3C2)cn1. The summed E-state index contributed by atoms with van der Waals surface area (Å²) in [5.74, 6) is 1.08. The highest BCUT2D eigenvalue weighted by atomic mass is 19.1. The average molecular weight is 426 g/mol. The van der Waals surface area contributed by atoms with E-state index in [1.807, 2.05) is 54.9 Å². The van der Waals surface area contributed by atoms with Crippen molar-refractivity contribution in [2.75, 3.05) is 13.7 Å². The molecule has 0 fully saturated rings. The molecule has 6 heteroatoms. The van der Waals surface area contributed by atoms with E-state index in [0.29, 0.717) is 17.0 Å². The van der Waals surface area contributed by atoms with Crippen LogP contribution in [0.2, 0.25) is 0 Å². The van der Waals surface area contributed by atoms with Crippen molar-refractivity contribution in [1.82, 2.24) is 19.9 Å². The minimum absolute atomic E-state index is 0.309. The summed E-state index contributed by atoms with van der Waals surface area (Å²) in [6.07, 6.45) is 4.70. The van der Waals surface area contributed by atoms with Gasteiger partial charge in [-0.25, -0.2) is 14.4 Å². The lowest BCUT2D eigenvalue weighted by atomic mass is 10.1. The van der Waals surface area contributed by atoms with E-state index >= 15 is 0 Å². The molecule has 0 radical (unpaired) electrons. The van der Waals surface area contributed by atoms with E-state index in [1.54, 1.807) is 13.2 Å². The number of halogens is 1. The van der Waals surface area contributed by atoms with Crippen molar-refractivity contribution < 1.29 is 9.13 Å². The lowest BCUT2D eigenvalue weighted by Gasteiger charge is -2.28. The molecule has 0 unspecified atom stereocenters. The van der Waals surface area contributed by atoms with Crippen molar-refractivity contribution >= 4 is 0 Å². The number of fused-ring (bicyclic) bond motifs is 1. The molecular weight excluding hydrogens is 403 g/mol. The monoisotopic (exact) mass is 426 g/mol. The van der Waals surface area contributed by atoms with Gasteiger partial charge in [0.1, 0.15) is 11.6 Å². The second kappa shape index (κ2) is 8.85. The molecule has 0 saturated heterocycles. The molecule has 3 heterocycles. The Morgan fingerprint density at radius 1 is 1.00 bits per heavy atom. The van der Waals surface area contributed by atoms with Crippen LogP contribution in [0.25, 0.3) is 22.6 Å². The van der Waals surface area contributed by atoms with Gasteiger partial charge in [0.2, 0.25) is 0 Å². The number of aromatic nitrogens is 3. The third-order valence-electron chi connectivity index (χ3n) is 5.71. The fraction of sp³-hybridized carbons (Fsp3) is 0.192. The highest BCUT2D eigenvalue weighted by Gasteiger charge is 2.19. The summed E-state index contributed by atoms with van der Waals surface area (Å²) >= 11 is 0. The maximum absolute atomic E-state index is 13.7. The number of ether oxygens (including phenoxy) is 1. The zero-order chi connectivity index (χ0) is 21.9. The molecule has 4 aromatic rings. The van der Waals surface area contributed by atoms with Gasteiger partial charge in [-0.15, -0.1) is 0 Å². The predicted octanol–water partition coefficient (Wildman–Crippen LogP) is 4.91. The minimum atomic E-state index is -0.309. The Morgan fingerprint density at radius 2 is 1.88 bits per heavy atom. The van der Waals surface area contributed by atoms with Gasteiger partial charge in [0.25, 0.3) is 0 Å².